The van der Waals surface area contributed by atoms with E-state index in [4.69, 9.17) is 0 Å². The Balaban J connectivity index is 2.07. The Bertz CT molecular complexity index is 196. The number of hydrogen-bond acceptors (Lipinski definition) is 2. The van der Waals surface area contributed by atoms with Crippen molar-refractivity contribution in [2.45, 2.75) is 70.9 Å². The van der Waals surface area contributed by atoms with Crippen LogP contribution in [-0.2, 0) is 4.79 Å². The van der Waals surface area contributed by atoms with Gasteiger partial charge in [-0.1, -0.05) is 25.7 Å². The first kappa shape index (κ1) is 13.5. The normalized spacial score (nSPS) is 18.4. The summed E-state index contributed by atoms with van der Waals surface area (Å²) in [5.41, 5.74) is 0. The highest BCUT2D eigenvalue weighted by Gasteiger charge is 2.11. The predicted octanol–water partition coefficient (Wildman–Crippen LogP) is 2.21. The Kier molecular flexibility index (Phi) is 6.46. The lowest BCUT2D eigenvalue weighted by Crippen LogP contribution is -2.35. The van der Waals surface area contributed by atoms with Gasteiger partial charge in [-0.05, 0) is 26.7 Å². The van der Waals surface area contributed by atoms with E-state index in [0.29, 0.717) is 12.5 Å². The molecule has 0 aromatic rings. The fourth-order valence-electron chi connectivity index (χ4n) is 2.27. The Morgan fingerprint density at radius 2 is 1.81 bits per heavy atom. The average molecular weight is 226 g/mol. The topological polar surface area (TPSA) is 41.1 Å². The van der Waals surface area contributed by atoms with Gasteiger partial charge < -0.3 is 10.6 Å². The van der Waals surface area contributed by atoms with Gasteiger partial charge in [-0.2, -0.15) is 0 Å². The summed E-state index contributed by atoms with van der Waals surface area (Å²) in [4.78, 5) is 11.4. The molecule has 0 heterocycles. The Labute approximate surface area is 99.4 Å². The van der Waals surface area contributed by atoms with Gasteiger partial charge in [0.2, 0.25) is 5.91 Å². The largest absolute Gasteiger partial charge is 0.354 e. The molecule has 16 heavy (non-hydrogen) atoms. The van der Waals surface area contributed by atoms with Gasteiger partial charge in [0.25, 0.3) is 0 Å². The second-order valence-electron chi connectivity index (χ2n) is 5.11. The summed E-state index contributed by atoms with van der Waals surface area (Å²) in [6, 6.07) is 0.903. The Morgan fingerprint density at radius 3 is 2.38 bits per heavy atom. The summed E-state index contributed by atoms with van der Waals surface area (Å²) in [6.07, 6.45) is 8.62. The van der Waals surface area contributed by atoms with Gasteiger partial charge in [0.1, 0.15) is 0 Å². The van der Waals surface area contributed by atoms with Gasteiger partial charge in [-0.3, -0.25) is 4.79 Å². The molecule has 0 aliphatic heterocycles. The van der Waals surface area contributed by atoms with Crippen LogP contribution in [0.5, 0.6) is 0 Å². The van der Waals surface area contributed by atoms with Crippen LogP contribution in [0.25, 0.3) is 0 Å². The molecule has 3 heteroatoms. The van der Waals surface area contributed by atoms with Gasteiger partial charge in [0.05, 0.1) is 0 Å². The highest BCUT2D eigenvalue weighted by Crippen LogP contribution is 2.16. The van der Waals surface area contributed by atoms with Crippen molar-refractivity contribution in [3.63, 3.8) is 0 Å². The fraction of sp³-hybridized carbons (Fsp3) is 0.923. The third kappa shape index (κ3) is 6.11. The lowest BCUT2D eigenvalue weighted by atomic mass is 10.1. The van der Waals surface area contributed by atoms with Gasteiger partial charge in [-0.15, -0.1) is 0 Å². The van der Waals surface area contributed by atoms with E-state index in [0.717, 1.165) is 6.54 Å². The second-order valence-corrected chi connectivity index (χ2v) is 5.11. The summed E-state index contributed by atoms with van der Waals surface area (Å²) < 4.78 is 0. The zero-order valence-electron chi connectivity index (χ0n) is 10.7. The molecule has 0 radical (unpaired) electrons. The molecule has 94 valence electrons. The summed E-state index contributed by atoms with van der Waals surface area (Å²) in [7, 11) is 0. The Hall–Kier alpha value is -0.570. The first-order chi connectivity index (χ1) is 7.68. The van der Waals surface area contributed by atoms with E-state index >= 15 is 0 Å². The second kappa shape index (κ2) is 7.66. The van der Waals surface area contributed by atoms with Crippen LogP contribution in [0.15, 0.2) is 0 Å². The molecule has 0 saturated heterocycles. The molecule has 3 nitrogen and oxygen atoms in total. The first-order valence-corrected chi connectivity index (χ1v) is 6.71. The van der Waals surface area contributed by atoms with Gasteiger partial charge in [0.15, 0.2) is 0 Å². The summed E-state index contributed by atoms with van der Waals surface area (Å²) in [6.45, 7) is 4.82. The molecule has 0 bridgehead atoms. The van der Waals surface area contributed by atoms with Crippen molar-refractivity contribution in [1.82, 2.24) is 10.6 Å². The van der Waals surface area contributed by atoms with Crippen molar-refractivity contribution in [3.8, 4) is 0 Å². The van der Waals surface area contributed by atoms with Crippen molar-refractivity contribution >= 4 is 5.91 Å². The molecule has 1 aliphatic rings. The number of amides is 1. The molecular weight excluding hydrogens is 200 g/mol. The lowest BCUT2D eigenvalue weighted by Gasteiger charge is -2.16. The number of nitrogens with one attached hydrogen (secondary N) is 2. The van der Waals surface area contributed by atoms with Crippen molar-refractivity contribution in [2.75, 3.05) is 6.54 Å². The van der Waals surface area contributed by atoms with Crippen LogP contribution in [0, 0.1) is 0 Å². The van der Waals surface area contributed by atoms with Gasteiger partial charge in [-0.25, -0.2) is 0 Å². The maximum absolute atomic E-state index is 11.4. The fourth-order valence-corrected chi connectivity index (χ4v) is 2.27. The van der Waals surface area contributed by atoms with Crippen LogP contribution in [0.4, 0.5) is 0 Å². The molecule has 1 rings (SSSR count). The van der Waals surface area contributed by atoms with E-state index in [-0.39, 0.29) is 11.9 Å². The summed E-state index contributed by atoms with van der Waals surface area (Å²) >= 11 is 0. The molecule has 1 aliphatic carbocycles. The van der Waals surface area contributed by atoms with Crippen LogP contribution in [0.2, 0.25) is 0 Å². The maximum Gasteiger partial charge on any atom is 0.221 e. The molecular formula is C13H26N2O. The van der Waals surface area contributed by atoms with Crippen molar-refractivity contribution in [3.05, 3.63) is 0 Å². The van der Waals surface area contributed by atoms with Crippen molar-refractivity contribution < 1.29 is 4.79 Å². The SMILES string of the molecule is CC(C)NC(=O)CCNC1CCCCCC1. The van der Waals surface area contributed by atoms with Crippen LogP contribution >= 0.6 is 0 Å². The van der Waals surface area contributed by atoms with Crippen LogP contribution < -0.4 is 10.6 Å². The third-order valence-corrected chi connectivity index (χ3v) is 3.09. The molecule has 1 amide bonds. The lowest BCUT2D eigenvalue weighted by molar-refractivity contribution is -0.121. The van der Waals surface area contributed by atoms with E-state index in [9.17, 15) is 4.79 Å². The van der Waals surface area contributed by atoms with E-state index < -0.39 is 0 Å². The number of carbonyl (C=O) groups excluding carboxylic acids is 1. The van der Waals surface area contributed by atoms with Gasteiger partial charge >= 0.3 is 0 Å². The molecule has 0 spiro atoms. The van der Waals surface area contributed by atoms with E-state index in [2.05, 4.69) is 10.6 Å². The Morgan fingerprint density at radius 1 is 1.19 bits per heavy atom. The quantitative estimate of drug-likeness (QED) is 0.706. The van der Waals surface area contributed by atoms with E-state index in [1.807, 2.05) is 13.8 Å². The summed E-state index contributed by atoms with van der Waals surface area (Å²) in [5, 5.41) is 6.42. The van der Waals surface area contributed by atoms with Crippen molar-refractivity contribution in [1.29, 1.82) is 0 Å². The third-order valence-electron chi connectivity index (χ3n) is 3.09. The smallest absolute Gasteiger partial charge is 0.221 e. The number of rotatable bonds is 5. The van der Waals surface area contributed by atoms with Crippen LogP contribution in [0.3, 0.4) is 0 Å². The minimum atomic E-state index is 0.163. The number of carbonyl (C=O) groups is 1. The monoisotopic (exact) mass is 226 g/mol. The van der Waals surface area contributed by atoms with E-state index in [1.165, 1.54) is 38.5 Å². The maximum atomic E-state index is 11.4. The molecule has 2 N–H and O–H groups in total. The standard InChI is InChI=1S/C13H26N2O/c1-11(2)15-13(16)9-10-14-12-7-5-3-4-6-8-12/h11-12,14H,3-10H2,1-2H3,(H,15,16). The van der Waals surface area contributed by atoms with Crippen molar-refractivity contribution in [2.24, 2.45) is 0 Å². The average Bonchev–Trinajstić information content (AvgIpc) is 2.45. The van der Waals surface area contributed by atoms with Crippen LogP contribution in [0.1, 0.15) is 58.8 Å². The first-order valence-electron chi connectivity index (χ1n) is 6.71. The minimum absolute atomic E-state index is 0.163. The number of hydrogen-bond donors (Lipinski definition) is 2. The molecule has 1 fully saturated rings. The molecule has 0 atom stereocenters. The highest BCUT2D eigenvalue weighted by molar-refractivity contribution is 5.76. The molecule has 1 saturated carbocycles. The predicted molar refractivity (Wildman–Crippen MR) is 67.4 cm³/mol. The summed E-state index contributed by atoms with van der Waals surface area (Å²) in [5.74, 6) is 0.163. The molecule has 0 aromatic carbocycles. The van der Waals surface area contributed by atoms with Crippen LogP contribution in [-0.4, -0.2) is 24.5 Å². The van der Waals surface area contributed by atoms with E-state index in [1.54, 1.807) is 0 Å². The zero-order valence-corrected chi connectivity index (χ0v) is 10.7. The van der Waals surface area contributed by atoms with Gasteiger partial charge in [0, 0.05) is 25.0 Å². The zero-order chi connectivity index (χ0) is 11.8. The minimum Gasteiger partial charge on any atom is -0.354 e. The molecule has 0 unspecified atom stereocenters. The highest BCUT2D eigenvalue weighted by atomic mass is 16.1. The molecule has 0 aromatic heterocycles.